The van der Waals surface area contributed by atoms with Crippen LogP contribution in [0.5, 0.6) is 0 Å². The maximum atomic E-state index is 4.60. The van der Waals surface area contributed by atoms with Crippen molar-refractivity contribution in [3.63, 3.8) is 0 Å². The van der Waals surface area contributed by atoms with E-state index in [1.54, 1.807) is 12.4 Å². The number of nitrogens with zero attached hydrogens (tertiary/aromatic N) is 6. The SMILES string of the molecule is CNC1(C)CC(Nc2ncc3c(-c4cnc5nccnc5c4)ccn3n2)C1. The summed E-state index contributed by atoms with van der Waals surface area (Å²) in [6, 6.07) is 4.41. The van der Waals surface area contributed by atoms with Crippen molar-refractivity contribution in [1.82, 2.24) is 34.9 Å². The van der Waals surface area contributed by atoms with Crippen molar-refractivity contribution < 1.29 is 0 Å². The van der Waals surface area contributed by atoms with Crippen molar-refractivity contribution in [3.8, 4) is 11.1 Å². The molecule has 0 amide bonds. The van der Waals surface area contributed by atoms with Crippen LogP contribution in [0.2, 0.25) is 0 Å². The fourth-order valence-electron chi connectivity index (χ4n) is 3.73. The topological polar surface area (TPSA) is 92.9 Å². The minimum atomic E-state index is 0.217. The molecule has 4 heterocycles. The highest BCUT2D eigenvalue weighted by Crippen LogP contribution is 2.33. The largest absolute Gasteiger partial charge is 0.350 e. The minimum Gasteiger partial charge on any atom is -0.350 e. The minimum absolute atomic E-state index is 0.217. The molecule has 4 aromatic heterocycles. The zero-order valence-electron chi connectivity index (χ0n) is 15.2. The highest BCUT2D eigenvalue weighted by atomic mass is 15.3. The molecule has 0 unspecified atom stereocenters. The van der Waals surface area contributed by atoms with Crippen LogP contribution in [0.15, 0.2) is 43.1 Å². The lowest BCUT2D eigenvalue weighted by Gasteiger charge is -2.45. The summed E-state index contributed by atoms with van der Waals surface area (Å²) in [5, 5.41) is 11.4. The van der Waals surface area contributed by atoms with Gasteiger partial charge < -0.3 is 10.6 Å². The van der Waals surface area contributed by atoms with E-state index in [0.29, 0.717) is 17.6 Å². The van der Waals surface area contributed by atoms with Gasteiger partial charge in [0.05, 0.1) is 11.7 Å². The second-order valence-electron chi connectivity index (χ2n) is 7.32. The molecular weight excluding hydrogens is 340 g/mol. The molecule has 4 aromatic rings. The lowest BCUT2D eigenvalue weighted by Crippen LogP contribution is -2.56. The van der Waals surface area contributed by atoms with Crippen molar-refractivity contribution in [1.29, 1.82) is 0 Å². The van der Waals surface area contributed by atoms with Crippen LogP contribution in [0.25, 0.3) is 27.8 Å². The van der Waals surface area contributed by atoms with Gasteiger partial charge in [0.1, 0.15) is 5.52 Å². The summed E-state index contributed by atoms with van der Waals surface area (Å²) < 4.78 is 1.85. The predicted octanol–water partition coefficient (Wildman–Crippen LogP) is 2.29. The Balaban J connectivity index is 1.43. The molecule has 0 spiro atoms. The molecule has 0 saturated heterocycles. The summed E-state index contributed by atoms with van der Waals surface area (Å²) in [6.07, 6.45) is 11.0. The molecule has 0 atom stereocenters. The van der Waals surface area contributed by atoms with E-state index in [1.165, 1.54) is 0 Å². The third kappa shape index (κ3) is 2.78. The van der Waals surface area contributed by atoms with Gasteiger partial charge in [-0.3, -0.25) is 4.98 Å². The van der Waals surface area contributed by atoms with Crippen LogP contribution < -0.4 is 10.6 Å². The molecule has 8 heteroatoms. The smallest absolute Gasteiger partial charge is 0.241 e. The van der Waals surface area contributed by atoms with E-state index in [2.05, 4.69) is 42.6 Å². The number of anilines is 1. The second kappa shape index (κ2) is 5.95. The quantitative estimate of drug-likeness (QED) is 0.577. The summed E-state index contributed by atoms with van der Waals surface area (Å²) >= 11 is 0. The van der Waals surface area contributed by atoms with Gasteiger partial charge in [0, 0.05) is 47.5 Å². The highest BCUT2D eigenvalue weighted by Gasteiger charge is 2.39. The fourth-order valence-corrected chi connectivity index (χ4v) is 3.73. The summed E-state index contributed by atoms with van der Waals surface area (Å²) in [5.41, 5.74) is 4.55. The Morgan fingerprint density at radius 3 is 2.81 bits per heavy atom. The van der Waals surface area contributed by atoms with Crippen LogP contribution in [0, 0.1) is 0 Å². The van der Waals surface area contributed by atoms with E-state index >= 15 is 0 Å². The molecule has 5 rings (SSSR count). The van der Waals surface area contributed by atoms with Crippen molar-refractivity contribution >= 4 is 22.6 Å². The summed E-state index contributed by atoms with van der Waals surface area (Å²) in [4.78, 5) is 17.5. The van der Waals surface area contributed by atoms with Crippen LogP contribution in [0.3, 0.4) is 0 Å². The Kier molecular flexibility index (Phi) is 3.54. The Hall–Kier alpha value is -3.13. The van der Waals surface area contributed by atoms with E-state index in [9.17, 15) is 0 Å². The van der Waals surface area contributed by atoms with Crippen molar-refractivity contribution in [2.24, 2.45) is 0 Å². The van der Waals surface area contributed by atoms with Gasteiger partial charge >= 0.3 is 0 Å². The summed E-state index contributed by atoms with van der Waals surface area (Å²) in [5.74, 6) is 0.648. The van der Waals surface area contributed by atoms with Gasteiger partial charge in [0.15, 0.2) is 5.65 Å². The number of rotatable bonds is 4. The maximum absolute atomic E-state index is 4.60. The van der Waals surface area contributed by atoms with Gasteiger partial charge in [-0.15, -0.1) is 5.10 Å². The van der Waals surface area contributed by atoms with Gasteiger partial charge in [0.25, 0.3) is 0 Å². The normalized spacial score (nSPS) is 22.1. The first-order valence-electron chi connectivity index (χ1n) is 9.00. The molecular formula is C19H20N8. The van der Waals surface area contributed by atoms with E-state index in [4.69, 9.17) is 0 Å². The molecule has 0 aliphatic heterocycles. The lowest BCUT2D eigenvalue weighted by molar-refractivity contribution is 0.201. The number of hydrogen-bond donors (Lipinski definition) is 2. The number of aromatic nitrogens is 6. The Labute approximate surface area is 156 Å². The molecule has 0 bridgehead atoms. The van der Waals surface area contributed by atoms with Crippen molar-refractivity contribution in [3.05, 3.63) is 43.1 Å². The third-order valence-corrected chi connectivity index (χ3v) is 5.38. The molecule has 136 valence electrons. The lowest BCUT2D eigenvalue weighted by atomic mass is 9.74. The number of pyridine rings is 1. The number of hydrogen-bond acceptors (Lipinski definition) is 7. The molecule has 0 aromatic carbocycles. The zero-order chi connectivity index (χ0) is 18.4. The standard InChI is InChI=1S/C19H20N8/c1-19(20-2)8-13(9-19)25-18-24-11-16-14(3-6-27(16)26-18)12-7-15-17(23-10-12)22-5-4-21-15/h3-7,10-11,13,20H,8-9H2,1-2H3,(H,25,26). The average molecular weight is 360 g/mol. The van der Waals surface area contributed by atoms with Crippen LogP contribution in [0.4, 0.5) is 5.95 Å². The average Bonchev–Trinajstić information content (AvgIpc) is 3.09. The van der Waals surface area contributed by atoms with E-state index in [1.807, 2.05) is 42.3 Å². The first-order chi connectivity index (χ1) is 13.1. The molecule has 1 fully saturated rings. The van der Waals surface area contributed by atoms with Gasteiger partial charge in [0.2, 0.25) is 5.95 Å². The molecule has 0 radical (unpaired) electrons. The third-order valence-electron chi connectivity index (χ3n) is 5.38. The van der Waals surface area contributed by atoms with Gasteiger partial charge in [-0.25, -0.2) is 19.5 Å². The molecule has 1 aliphatic carbocycles. The fraction of sp³-hybridized carbons (Fsp3) is 0.316. The van der Waals surface area contributed by atoms with E-state index < -0.39 is 0 Å². The van der Waals surface area contributed by atoms with Crippen LogP contribution in [-0.4, -0.2) is 48.2 Å². The first kappa shape index (κ1) is 16.1. The van der Waals surface area contributed by atoms with Gasteiger partial charge in [-0.05, 0) is 38.9 Å². The Bertz CT molecular complexity index is 1130. The van der Waals surface area contributed by atoms with Crippen molar-refractivity contribution in [2.45, 2.75) is 31.3 Å². The number of nitrogens with one attached hydrogen (secondary N) is 2. The Morgan fingerprint density at radius 1 is 1.11 bits per heavy atom. The van der Waals surface area contributed by atoms with Crippen LogP contribution >= 0.6 is 0 Å². The molecule has 2 N–H and O–H groups in total. The second-order valence-corrected chi connectivity index (χ2v) is 7.32. The predicted molar refractivity (Wildman–Crippen MR) is 103 cm³/mol. The molecule has 27 heavy (non-hydrogen) atoms. The van der Waals surface area contributed by atoms with E-state index in [0.717, 1.165) is 35.0 Å². The maximum Gasteiger partial charge on any atom is 0.241 e. The Morgan fingerprint density at radius 2 is 1.96 bits per heavy atom. The van der Waals surface area contributed by atoms with Gasteiger partial charge in [-0.2, -0.15) is 0 Å². The number of fused-ring (bicyclic) bond motifs is 2. The van der Waals surface area contributed by atoms with Crippen LogP contribution in [0.1, 0.15) is 19.8 Å². The van der Waals surface area contributed by atoms with E-state index in [-0.39, 0.29) is 5.54 Å². The monoisotopic (exact) mass is 360 g/mol. The molecule has 8 nitrogen and oxygen atoms in total. The van der Waals surface area contributed by atoms with Gasteiger partial charge in [-0.1, -0.05) is 0 Å². The highest BCUT2D eigenvalue weighted by molar-refractivity contribution is 5.84. The zero-order valence-corrected chi connectivity index (χ0v) is 15.2. The summed E-state index contributed by atoms with van der Waals surface area (Å²) in [6.45, 7) is 2.23. The molecule has 1 saturated carbocycles. The van der Waals surface area contributed by atoms with Crippen molar-refractivity contribution in [2.75, 3.05) is 12.4 Å². The summed E-state index contributed by atoms with van der Waals surface area (Å²) in [7, 11) is 2.01. The van der Waals surface area contributed by atoms with Crippen LogP contribution in [-0.2, 0) is 0 Å². The molecule has 1 aliphatic rings. The first-order valence-corrected chi connectivity index (χ1v) is 9.00.